The highest BCUT2D eigenvalue weighted by atomic mass is 35.5. The molecule has 0 fully saturated rings. The van der Waals surface area contributed by atoms with Crippen LogP contribution in [0.25, 0.3) is 0 Å². The fraction of sp³-hybridized carbons (Fsp3) is 0.667. The van der Waals surface area contributed by atoms with E-state index in [1.807, 2.05) is 0 Å². The van der Waals surface area contributed by atoms with Crippen molar-refractivity contribution in [2.24, 2.45) is 11.8 Å². The molecule has 2 unspecified atom stereocenters. The minimum Gasteiger partial charge on any atom is -0.126 e. The fourth-order valence-electron chi connectivity index (χ4n) is 2.50. The monoisotopic (exact) mass is 280 g/mol. The molecule has 0 saturated carbocycles. The van der Waals surface area contributed by atoms with E-state index >= 15 is 0 Å². The molecule has 1 aromatic rings. The van der Waals surface area contributed by atoms with Crippen LogP contribution in [-0.4, -0.2) is 5.88 Å². The molecule has 0 nitrogen and oxygen atoms in total. The first-order valence-corrected chi connectivity index (χ1v) is 8.35. The summed E-state index contributed by atoms with van der Waals surface area (Å²) in [6.45, 7) is 4.64. The van der Waals surface area contributed by atoms with Gasteiger partial charge in [-0.3, -0.25) is 0 Å². The number of alkyl halides is 1. The predicted octanol–water partition coefficient (Wildman–Crippen LogP) is 6.08. The van der Waals surface area contributed by atoms with Crippen molar-refractivity contribution in [3.8, 4) is 0 Å². The van der Waals surface area contributed by atoms with E-state index in [1.54, 1.807) is 0 Å². The van der Waals surface area contributed by atoms with E-state index in [4.69, 9.17) is 11.6 Å². The van der Waals surface area contributed by atoms with Gasteiger partial charge in [-0.2, -0.15) is 0 Å². The average Bonchev–Trinajstić information content (AvgIpc) is 2.44. The quantitative estimate of drug-likeness (QED) is 0.360. The number of rotatable bonds is 10. The Morgan fingerprint density at radius 1 is 0.842 bits per heavy atom. The van der Waals surface area contributed by atoms with Gasteiger partial charge in [0, 0.05) is 5.88 Å². The largest absolute Gasteiger partial charge is 0.126 e. The van der Waals surface area contributed by atoms with Crippen molar-refractivity contribution in [2.75, 3.05) is 5.88 Å². The second-order valence-electron chi connectivity index (χ2n) is 6.03. The van der Waals surface area contributed by atoms with Gasteiger partial charge in [-0.1, -0.05) is 69.9 Å². The highest BCUT2D eigenvalue weighted by Gasteiger charge is 2.04. The Bertz CT molecular complexity index is 307. The number of benzene rings is 1. The number of hydrogen-bond acceptors (Lipinski definition) is 0. The van der Waals surface area contributed by atoms with Crippen LogP contribution in [0, 0.1) is 11.8 Å². The first kappa shape index (κ1) is 16.6. The van der Waals surface area contributed by atoms with Crippen LogP contribution in [0.4, 0.5) is 0 Å². The molecule has 0 N–H and O–H groups in total. The SMILES string of the molecule is CC(CCl)CCCC(C)CCCCc1ccccc1. The second-order valence-corrected chi connectivity index (χ2v) is 6.34. The normalized spacial score (nSPS) is 14.3. The van der Waals surface area contributed by atoms with Crippen LogP contribution >= 0.6 is 11.6 Å². The van der Waals surface area contributed by atoms with Gasteiger partial charge in [0.2, 0.25) is 0 Å². The summed E-state index contributed by atoms with van der Waals surface area (Å²) in [6.07, 6.45) is 9.30. The summed E-state index contributed by atoms with van der Waals surface area (Å²) in [4.78, 5) is 0. The van der Waals surface area contributed by atoms with Crippen molar-refractivity contribution in [1.82, 2.24) is 0 Å². The molecule has 2 atom stereocenters. The van der Waals surface area contributed by atoms with E-state index in [0.717, 1.165) is 11.8 Å². The molecule has 0 spiro atoms. The molecule has 19 heavy (non-hydrogen) atoms. The Morgan fingerprint density at radius 3 is 2.16 bits per heavy atom. The molecule has 1 heteroatoms. The second kappa shape index (κ2) is 10.3. The summed E-state index contributed by atoms with van der Waals surface area (Å²) in [5, 5.41) is 0. The van der Waals surface area contributed by atoms with Crippen LogP contribution in [0.1, 0.15) is 57.9 Å². The number of aryl methyl sites for hydroxylation is 1. The van der Waals surface area contributed by atoms with Crippen LogP contribution in [0.5, 0.6) is 0 Å². The van der Waals surface area contributed by atoms with Crippen molar-refractivity contribution in [3.05, 3.63) is 35.9 Å². The summed E-state index contributed by atoms with van der Waals surface area (Å²) in [5.41, 5.74) is 1.48. The van der Waals surface area contributed by atoms with Crippen LogP contribution in [-0.2, 0) is 6.42 Å². The fourth-order valence-corrected chi connectivity index (χ4v) is 2.66. The zero-order valence-electron chi connectivity index (χ0n) is 12.6. The minimum atomic E-state index is 0.687. The first-order valence-electron chi connectivity index (χ1n) is 7.82. The maximum absolute atomic E-state index is 5.83. The molecule has 0 heterocycles. The Hall–Kier alpha value is -0.490. The van der Waals surface area contributed by atoms with Crippen molar-refractivity contribution in [3.63, 3.8) is 0 Å². The molecule has 0 bridgehead atoms. The predicted molar refractivity (Wildman–Crippen MR) is 86.9 cm³/mol. The van der Waals surface area contributed by atoms with Crippen molar-refractivity contribution < 1.29 is 0 Å². The van der Waals surface area contributed by atoms with Crippen molar-refractivity contribution >= 4 is 11.6 Å². The van der Waals surface area contributed by atoms with Crippen LogP contribution in [0.15, 0.2) is 30.3 Å². The Kier molecular flexibility index (Phi) is 8.99. The summed E-state index contributed by atoms with van der Waals surface area (Å²) >= 11 is 5.83. The summed E-state index contributed by atoms with van der Waals surface area (Å²) < 4.78 is 0. The number of unbranched alkanes of at least 4 members (excludes halogenated alkanes) is 1. The Morgan fingerprint density at radius 2 is 1.47 bits per heavy atom. The Balaban J connectivity index is 2.00. The molecule has 1 aromatic carbocycles. The maximum atomic E-state index is 5.83. The number of halogens is 1. The van der Waals surface area contributed by atoms with Gasteiger partial charge >= 0.3 is 0 Å². The van der Waals surface area contributed by atoms with Crippen LogP contribution in [0.2, 0.25) is 0 Å². The molecule has 0 aliphatic carbocycles. The molecular weight excluding hydrogens is 252 g/mol. The molecule has 0 aromatic heterocycles. The molecular formula is C18H29Cl. The third kappa shape index (κ3) is 8.31. The highest BCUT2D eigenvalue weighted by molar-refractivity contribution is 6.18. The lowest BCUT2D eigenvalue weighted by Gasteiger charge is -2.12. The minimum absolute atomic E-state index is 0.687. The van der Waals surface area contributed by atoms with E-state index < -0.39 is 0 Å². The summed E-state index contributed by atoms with van der Waals surface area (Å²) in [5.74, 6) is 2.37. The lowest BCUT2D eigenvalue weighted by atomic mass is 9.94. The van der Waals surface area contributed by atoms with Gasteiger partial charge in [-0.05, 0) is 36.7 Å². The van der Waals surface area contributed by atoms with Gasteiger partial charge in [-0.15, -0.1) is 11.6 Å². The van der Waals surface area contributed by atoms with Gasteiger partial charge in [0.15, 0.2) is 0 Å². The molecule has 0 amide bonds. The van der Waals surface area contributed by atoms with E-state index in [0.29, 0.717) is 5.92 Å². The zero-order chi connectivity index (χ0) is 13.9. The topological polar surface area (TPSA) is 0 Å². The van der Waals surface area contributed by atoms with E-state index in [2.05, 4.69) is 44.2 Å². The van der Waals surface area contributed by atoms with Gasteiger partial charge in [-0.25, -0.2) is 0 Å². The van der Waals surface area contributed by atoms with E-state index in [1.165, 1.54) is 50.5 Å². The maximum Gasteiger partial charge on any atom is 0.0249 e. The highest BCUT2D eigenvalue weighted by Crippen LogP contribution is 2.18. The standard InChI is InChI=1S/C18H29Cl/c1-16(10-8-11-17(2)15-19)9-6-7-14-18-12-4-3-5-13-18/h3-5,12-13,16-17H,6-11,14-15H2,1-2H3. The zero-order valence-corrected chi connectivity index (χ0v) is 13.3. The lowest BCUT2D eigenvalue weighted by molar-refractivity contribution is 0.424. The Labute approximate surface area is 124 Å². The van der Waals surface area contributed by atoms with E-state index in [-0.39, 0.29) is 0 Å². The molecule has 0 radical (unpaired) electrons. The molecule has 0 aliphatic heterocycles. The third-order valence-corrected chi connectivity index (χ3v) is 4.44. The summed E-state index contributed by atoms with van der Waals surface area (Å²) in [7, 11) is 0. The lowest BCUT2D eigenvalue weighted by Crippen LogP contribution is -2.00. The van der Waals surface area contributed by atoms with Crippen LogP contribution in [0.3, 0.4) is 0 Å². The van der Waals surface area contributed by atoms with Crippen molar-refractivity contribution in [1.29, 1.82) is 0 Å². The third-order valence-electron chi connectivity index (χ3n) is 3.91. The van der Waals surface area contributed by atoms with Crippen molar-refractivity contribution in [2.45, 2.75) is 58.8 Å². The molecule has 0 saturated heterocycles. The van der Waals surface area contributed by atoms with Gasteiger partial charge < -0.3 is 0 Å². The van der Waals surface area contributed by atoms with Gasteiger partial charge in [0.25, 0.3) is 0 Å². The summed E-state index contributed by atoms with van der Waals surface area (Å²) in [6, 6.07) is 10.8. The first-order chi connectivity index (χ1) is 9.22. The number of hydrogen-bond donors (Lipinski definition) is 0. The van der Waals surface area contributed by atoms with E-state index in [9.17, 15) is 0 Å². The molecule has 108 valence electrons. The van der Waals surface area contributed by atoms with Gasteiger partial charge in [0.1, 0.15) is 0 Å². The smallest absolute Gasteiger partial charge is 0.0249 e. The van der Waals surface area contributed by atoms with Gasteiger partial charge in [0.05, 0.1) is 0 Å². The molecule has 1 rings (SSSR count). The molecule has 0 aliphatic rings. The average molecular weight is 281 g/mol. The van der Waals surface area contributed by atoms with Crippen LogP contribution < -0.4 is 0 Å².